The fourth-order valence-corrected chi connectivity index (χ4v) is 2.46. The highest BCUT2D eigenvalue weighted by Crippen LogP contribution is 2.35. The number of aromatic amines is 1. The van der Waals surface area contributed by atoms with Crippen LogP contribution in [0.2, 0.25) is 0 Å². The highest BCUT2D eigenvalue weighted by atomic mass is 35.5. The normalized spacial score (nSPS) is 16.2. The number of fused-ring (bicyclic) bond motifs is 1. The number of nitrogens with zero attached hydrogens (tertiary/aromatic N) is 2. The smallest absolute Gasteiger partial charge is 0.267 e. The summed E-state index contributed by atoms with van der Waals surface area (Å²) in [7, 11) is 0. The van der Waals surface area contributed by atoms with Crippen LogP contribution in [0.3, 0.4) is 0 Å². The molecule has 6 nitrogen and oxygen atoms in total. The average Bonchev–Trinajstić information content (AvgIpc) is 2.81. The van der Waals surface area contributed by atoms with Gasteiger partial charge < -0.3 is 15.4 Å². The second-order valence-corrected chi connectivity index (χ2v) is 4.93. The molecule has 1 aliphatic rings. The van der Waals surface area contributed by atoms with E-state index in [-0.39, 0.29) is 30.1 Å². The van der Waals surface area contributed by atoms with E-state index in [0.29, 0.717) is 5.69 Å². The Morgan fingerprint density at radius 2 is 1.95 bits per heavy atom. The highest BCUT2D eigenvalue weighted by Gasteiger charge is 2.21. The number of hydrogen-bond donors (Lipinski definition) is 3. The summed E-state index contributed by atoms with van der Waals surface area (Å²) in [5.74, 6) is -0.336. The van der Waals surface area contributed by atoms with Crippen molar-refractivity contribution in [3.8, 4) is 5.88 Å². The summed E-state index contributed by atoms with van der Waals surface area (Å²) in [5.41, 5.74) is 1.09. The average molecular weight is 309 g/mol. The minimum Gasteiger partial charge on any atom is -0.493 e. The van der Waals surface area contributed by atoms with Gasteiger partial charge in [-0.25, -0.2) is 0 Å². The number of aromatic hydroxyl groups is 1. The second-order valence-electron chi connectivity index (χ2n) is 4.93. The monoisotopic (exact) mass is 308 g/mol. The van der Waals surface area contributed by atoms with Crippen LogP contribution >= 0.6 is 12.4 Å². The molecule has 112 valence electrons. The largest absolute Gasteiger partial charge is 0.493 e. The van der Waals surface area contributed by atoms with Crippen molar-refractivity contribution in [1.82, 2.24) is 10.3 Å². The van der Waals surface area contributed by atoms with E-state index >= 15 is 0 Å². The van der Waals surface area contributed by atoms with Crippen LogP contribution in [0.1, 0.15) is 12.8 Å². The maximum atomic E-state index is 12.0. The molecular weight excluding hydrogens is 292 g/mol. The summed E-state index contributed by atoms with van der Waals surface area (Å²) in [5, 5.41) is 21.5. The summed E-state index contributed by atoms with van der Waals surface area (Å²) in [6.07, 6.45) is 1.58. The molecule has 3 rings (SSSR count). The molecule has 0 bridgehead atoms. The Morgan fingerprint density at radius 1 is 1.24 bits per heavy atom. The molecule has 2 heterocycles. The van der Waals surface area contributed by atoms with Gasteiger partial charge in [-0.2, -0.15) is 0 Å². The number of carbonyl (C=O) groups excluding carboxylic acids is 1. The number of halogens is 1. The van der Waals surface area contributed by atoms with Crippen molar-refractivity contribution in [1.29, 1.82) is 0 Å². The molecule has 0 spiro atoms. The van der Waals surface area contributed by atoms with Gasteiger partial charge in [0.15, 0.2) is 5.69 Å². The van der Waals surface area contributed by atoms with Crippen LogP contribution in [0.4, 0.5) is 5.69 Å². The van der Waals surface area contributed by atoms with Crippen molar-refractivity contribution in [2.75, 3.05) is 13.1 Å². The van der Waals surface area contributed by atoms with Crippen LogP contribution in [0.25, 0.3) is 10.9 Å². The number of azo groups is 1. The number of hydrogen-bond acceptors (Lipinski definition) is 4. The number of piperidine rings is 1. The van der Waals surface area contributed by atoms with Gasteiger partial charge in [-0.15, -0.1) is 22.6 Å². The molecule has 7 heteroatoms. The topological polar surface area (TPSA) is 89.8 Å². The third kappa shape index (κ3) is 3.22. The first kappa shape index (κ1) is 15.5. The van der Waals surface area contributed by atoms with Crippen LogP contribution in [-0.4, -0.2) is 29.1 Å². The van der Waals surface area contributed by atoms with E-state index in [1.54, 1.807) is 0 Å². The van der Waals surface area contributed by atoms with Crippen molar-refractivity contribution in [3.05, 3.63) is 24.3 Å². The molecule has 0 unspecified atom stereocenters. The molecule has 1 aromatic heterocycles. The molecule has 3 N–H and O–H groups in total. The van der Waals surface area contributed by atoms with E-state index in [2.05, 4.69) is 20.5 Å². The quantitative estimate of drug-likeness (QED) is 0.745. The van der Waals surface area contributed by atoms with E-state index < -0.39 is 0 Å². The van der Waals surface area contributed by atoms with Crippen molar-refractivity contribution in [2.45, 2.75) is 12.8 Å². The molecule has 0 radical (unpaired) electrons. The lowest BCUT2D eigenvalue weighted by molar-refractivity contribution is -0.122. The van der Waals surface area contributed by atoms with Crippen LogP contribution in [0.5, 0.6) is 5.88 Å². The van der Waals surface area contributed by atoms with Crippen LogP contribution in [0.15, 0.2) is 34.5 Å². The van der Waals surface area contributed by atoms with Crippen molar-refractivity contribution in [3.63, 3.8) is 0 Å². The zero-order valence-corrected chi connectivity index (χ0v) is 12.2. The number of rotatable bonds is 2. The van der Waals surface area contributed by atoms with Gasteiger partial charge in [-0.05, 0) is 32.0 Å². The van der Waals surface area contributed by atoms with Crippen molar-refractivity contribution in [2.24, 2.45) is 16.1 Å². The molecule has 0 aliphatic carbocycles. The van der Waals surface area contributed by atoms with E-state index in [1.165, 1.54) is 0 Å². The van der Waals surface area contributed by atoms with E-state index in [9.17, 15) is 9.90 Å². The van der Waals surface area contributed by atoms with E-state index in [0.717, 1.165) is 36.8 Å². The predicted octanol–water partition coefficient (Wildman–Crippen LogP) is 2.91. The molecule has 0 saturated carbocycles. The van der Waals surface area contributed by atoms with Gasteiger partial charge in [0.25, 0.3) is 5.91 Å². The predicted molar refractivity (Wildman–Crippen MR) is 82.3 cm³/mol. The van der Waals surface area contributed by atoms with Gasteiger partial charge in [0, 0.05) is 11.3 Å². The first-order chi connectivity index (χ1) is 9.75. The number of aromatic nitrogens is 1. The molecular formula is C14H17ClN4O2. The van der Waals surface area contributed by atoms with Gasteiger partial charge >= 0.3 is 0 Å². The van der Waals surface area contributed by atoms with Gasteiger partial charge in [0.05, 0.1) is 5.52 Å². The second kappa shape index (κ2) is 6.69. The Balaban J connectivity index is 0.00000161. The van der Waals surface area contributed by atoms with Gasteiger partial charge in [-0.1, -0.05) is 18.2 Å². The zero-order valence-electron chi connectivity index (χ0n) is 11.4. The molecule has 1 aromatic carbocycles. The lowest BCUT2D eigenvalue weighted by Crippen LogP contribution is -2.31. The summed E-state index contributed by atoms with van der Waals surface area (Å²) >= 11 is 0. The Morgan fingerprint density at radius 3 is 2.71 bits per heavy atom. The van der Waals surface area contributed by atoms with Crippen molar-refractivity contribution >= 4 is 34.9 Å². The number of carbonyl (C=O) groups is 1. The minimum atomic E-state index is -0.212. The molecule has 21 heavy (non-hydrogen) atoms. The molecule has 0 atom stereocenters. The summed E-state index contributed by atoms with van der Waals surface area (Å²) in [6.45, 7) is 1.68. The fourth-order valence-electron chi connectivity index (χ4n) is 2.46. The van der Waals surface area contributed by atoms with Crippen LogP contribution < -0.4 is 5.32 Å². The highest BCUT2D eigenvalue weighted by molar-refractivity contribution is 5.94. The molecule has 1 fully saturated rings. The molecule has 2 aromatic rings. The maximum absolute atomic E-state index is 12.0. The van der Waals surface area contributed by atoms with Gasteiger partial charge in [0.2, 0.25) is 5.88 Å². The maximum Gasteiger partial charge on any atom is 0.267 e. The Kier molecular flexibility index (Phi) is 4.93. The first-order valence-electron chi connectivity index (χ1n) is 6.71. The number of benzene rings is 1. The lowest BCUT2D eigenvalue weighted by atomic mass is 9.98. The van der Waals surface area contributed by atoms with E-state index in [4.69, 9.17) is 0 Å². The van der Waals surface area contributed by atoms with Gasteiger partial charge in [0.1, 0.15) is 0 Å². The van der Waals surface area contributed by atoms with E-state index in [1.807, 2.05) is 24.3 Å². The third-order valence-electron chi connectivity index (χ3n) is 3.60. The Bertz CT molecular complexity index is 662. The zero-order chi connectivity index (χ0) is 13.9. The standard InChI is InChI=1S/C14H16N4O2.ClH/c19-13(9-5-7-15-8-6-9)18-17-12-10-3-1-2-4-11(10)16-14(12)20;/h1-4,9,15-16,20H,5-8H2;1H. The Hall–Kier alpha value is -1.92. The molecule has 1 aliphatic heterocycles. The number of nitrogens with one attached hydrogen (secondary N) is 2. The number of H-pyrrole nitrogens is 1. The van der Waals surface area contributed by atoms with Crippen LogP contribution in [-0.2, 0) is 4.79 Å². The molecule has 1 amide bonds. The van der Waals surface area contributed by atoms with Gasteiger partial charge in [-0.3, -0.25) is 4.79 Å². The minimum absolute atomic E-state index is 0. The SMILES string of the molecule is Cl.O=C(N=Nc1c(O)[nH]c2ccccc12)C1CCNCC1. The lowest BCUT2D eigenvalue weighted by Gasteiger charge is -2.18. The first-order valence-corrected chi connectivity index (χ1v) is 6.71. The number of amides is 1. The summed E-state index contributed by atoms with van der Waals surface area (Å²) < 4.78 is 0. The molecule has 1 saturated heterocycles. The summed E-state index contributed by atoms with van der Waals surface area (Å²) in [4.78, 5) is 14.8. The Labute approximate surface area is 128 Å². The fraction of sp³-hybridized carbons (Fsp3) is 0.357. The number of para-hydroxylation sites is 1. The third-order valence-corrected chi connectivity index (χ3v) is 3.60. The van der Waals surface area contributed by atoms with Crippen molar-refractivity contribution < 1.29 is 9.90 Å². The van der Waals surface area contributed by atoms with Crippen LogP contribution in [0, 0.1) is 5.92 Å². The summed E-state index contributed by atoms with van der Waals surface area (Å²) in [6, 6.07) is 7.38.